The molecule has 1 aliphatic rings. The number of nitrogens with one attached hydrogen (secondary N) is 1. The Hall–Kier alpha value is -2.73. The van der Waals surface area contributed by atoms with E-state index in [4.69, 9.17) is 9.47 Å². The van der Waals surface area contributed by atoms with Crippen molar-refractivity contribution in [3.63, 3.8) is 0 Å². The molecule has 27 heavy (non-hydrogen) atoms. The fourth-order valence-corrected chi connectivity index (χ4v) is 3.20. The van der Waals surface area contributed by atoms with E-state index in [2.05, 4.69) is 34.3 Å². The lowest BCUT2D eigenvalue weighted by atomic mass is 10.1. The van der Waals surface area contributed by atoms with Gasteiger partial charge in [0.15, 0.2) is 0 Å². The summed E-state index contributed by atoms with van der Waals surface area (Å²) in [7, 11) is 5.34. The number of amides is 1. The molecule has 1 heterocycles. The monoisotopic (exact) mass is 369 g/mol. The number of hydrogen-bond acceptors (Lipinski definition) is 5. The van der Waals surface area contributed by atoms with Gasteiger partial charge in [-0.1, -0.05) is 6.07 Å². The third kappa shape index (κ3) is 4.92. The molecule has 0 bridgehead atoms. The summed E-state index contributed by atoms with van der Waals surface area (Å²) in [5.41, 5.74) is 2.81. The van der Waals surface area contributed by atoms with E-state index >= 15 is 0 Å². The first kappa shape index (κ1) is 19.0. The van der Waals surface area contributed by atoms with Crippen LogP contribution in [-0.2, 0) is 11.2 Å². The Morgan fingerprint density at radius 1 is 1.00 bits per heavy atom. The number of benzene rings is 2. The van der Waals surface area contributed by atoms with Gasteiger partial charge in [-0.3, -0.25) is 4.79 Å². The lowest BCUT2D eigenvalue weighted by molar-refractivity contribution is -0.115. The van der Waals surface area contributed by atoms with E-state index in [0.29, 0.717) is 11.5 Å². The molecule has 0 spiro atoms. The predicted molar refractivity (Wildman–Crippen MR) is 108 cm³/mol. The topological polar surface area (TPSA) is 54.0 Å². The summed E-state index contributed by atoms with van der Waals surface area (Å²) >= 11 is 0. The molecule has 0 aromatic heterocycles. The van der Waals surface area contributed by atoms with Gasteiger partial charge in [-0.25, -0.2) is 0 Å². The quantitative estimate of drug-likeness (QED) is 0.848. The number of ether oxygens (including phenoxy) is 2. The van der Waals surface area contributed by atoms with Crippen LogP contribution in [0.15, 0.2) is 42.5 Å². The molecule has 1 amide bonds. The highest BCUT2D eigenvalue weighted by molar-refractivity contribution is 5.92. The Morgan fingerprint density at radius 3 is 2.33 bits per heavy atom. The van der Waals surface area contributed by atoms with Crippen LogP contribution >= 0.6 is 0 Å². The zero-order valence-electron chi connectivity index (χ0n) is 16.2. The molecule has 144 valence electrons. The summed E-state index contributed by atoms with van der Waals surface area (Å²) in [5, 5.41) is 2.96. The molecule has 1 fully saturated rings. The fourth-order valence-electron chi connectivity index (χ4n) is 3.20. The number of methoxy groups -OCH3 is 2. The van der Waals surface area contributed by atoms with Crippen LogP contribution in [-0.4, -0.2) is 58.3 Å². The summed E-state index contributed by atoms with van der Waals surface area (Å²) in [6.07, 6.45) is 0.243. The van der Waals surface area contributed by atoms with Crippen molar-refractivity contribution < 1.29 is 14.3 Å². The molecule has 6 nitrogen and oxygen atoms in total. The van der Waals surface area contributed by atoms with Gasteiger partial charge >= 0.3 is 0 Å². The minimum Gasteiger partial charge on any atom is -0.497 e. The van der Waals surface area contributed by atoms with Crippen molar-refractivity contribution in [1.82, 2.24) is 4.90 Å². The number of rotatable bonds is 6. The zero-order valence-corrected chi connectivity index (χ0v) is 16.2. The second kappa shape index (κ2) is 8.77. The molecule has 0 unspecified atom stereocenters. The Balaban J connectivity index is 1.59. The number of carbonyl (C=O) groups excluding carboxylic acids is 1. The van der Waals surface area contributed by atoms with Gasteiger partial charge in [-0.2, -0.15) is 0 Å². The van der Waals surface area contributed by atoms with Gasteiger partial charge < -0.3 is 24.6 Å². The van der Waals surface area contributed by atoms with Crippen LogP contribution in [0.5, 0.6) is 11.5 Å². The summed E-state index contributed by atoms with van der Waals surface area (Å²) < 4.78 is 10.6. The number of piperazine rings is 1. The molecule has 1 saturated heterocycles. The minimum atomic E-state index is -0.0779. The molecule has 1 N–H and O–H groups in total. The summed E-state index contributed by atoms with van der Waals surface area (Å²) in [5.74, 6) is 1.27. The van der Waals surface area contributed by atoms with E-state index in [9.17, 15) is 4.79 Å². The maximum atomic E-state index is 12.4. The SMILES string of the molecule is COc1ccc(CC(=O)Nc2ccc(N3CCN(C)CC3)cc2)c(OC)c1. The van der Waals surface area contributed by atoms with E-state index in [0.717, 1.165) is 37.4 Å². The Morgan fingerprint density at radius 2 is 1.70 bits per heavy atom. The summed E-state index contributed by atoms with van der Waals surface area (Å²) in [4.78, 5) is 17.1. The molecule has 2 aromatic rings. The van der Waals surface area contributed by atoms with E-state index in [1.54, 1.807) is 20.3 Å². The standard InChI is InChI=1S/C21H27N3O3/c1-23-10-12-24(13-11-23)18-7-5-17(6-8-18)22-21(25)14-16-4-9-19(26-2)15-20(16)27-3/h4-9,15H,10-14H2,1-3H3,(H,22,25). The van der Waals surface area contributed by atoms with Crippen LogP contribution in [0.1, 0.15) is 5.56 Å². The van der Waals surface area contributed by atoms with Crippen molar-refractivity contribution in [2.24, 2.45) is 0 Å². The first-order chi connectivity index (χ1) is 13.1. The minimum absolute atomic E-state index is 0.0779. The fraction of sp³-hybridized carbons (Fsp3) is 0.381. The third-order valence-corrected chi connectivity index (χ3v) is 4.86. The van der Waals surface area contributed by atoms with Crippen molar-refractivity contribution in [1.29, 1.82) is 0 Å². The number of likely N-dealkylation sites (N-methyl/N-ethyl adjacent to an activating group) is 1. The number of nitrogens with zero attached hydrogens (tertiary/aromatic N) is 2. The van der Waals surface area contributed by atoms with Crippen molar-refractivity contribution in [2.75, 3.05) is 57.7 Å². The average Bonchev–Trinajstić information content (AvgIpc) is 2.69. The van der Waals surface area contributed by atoms with E-state index < -0.39 is 0 Å². The Kier molecular flexibility index (Phi) is 6.19. The summed E-state index contributed by atoms with van der Waals surface area (Å²) in [6.45, 7) is 4.20. The Labute approximate surface area is 160 Å². The second-order valence-electron chi connectivity index (χ2n) is 6.74. The van der Waals surface area contributed by atoms with Crippen molar-refractivity contribution in [3.8, 4) is 11.5 Å². The molecule has 0 atom stereocenters. The van der Waals surface area contributed by atoms with Crippen LogP contribution in [0.25, 0.3) is 0 Å². The molecule has 1 aliphatic heterocycles. The lowest BCUT2D eigenvalue weighted by Crippen LogP contribution is -2.44. The van der Waals surface area contributed by atoms with Crippen LogP contribution in [0.4, 0.5) is 11.4 Å². The van der Waals surface area contributed by atoms with Gasteiger partial charge in [0.2, 0.25) is 5.91 Å². The number of carbonyl (C=O) groups is 1. The van der Waals surface area contributed by atoms with E-state index in [-0.39, 0.29) is 12.3 Å². The molecule has 0 aliphatic carbocycles. The van der Waals surface area contributed by atoms with Crippen molar-refractivity contribution in [2.45, 2.75) is 6.42 Å². The maximum absolute atomic E-state index is 12.4. The number of anilines is 2. The highest BCUT2D eigenvalue weighted by Gasteiger charge is 2.14. The molecule has 6 heteroatoms. The first-order valence-electron chi connectivity index (χ1n) is 9.13. The molecule has 0 saturated carbocycles. The third-order valence-electron chi connectivity index (χ3n) is 4.86. The molecule has 2 aromatic carbocycles. The van der Waals surface area contributed by atoms with E-state index in [1.165, 1.54) is 5.69 Å². The van der Waals surface area contributed by atoms with Gasteiger partial charge in [0.1, 0.15) is 11.5 Å². The highest BCUT2D eigenvalue weighted by atomic mass is 16.5. The van der Waals surface area contributed by atoms with Crippen LogP contribution in [0, 0.1) is 0 Å². The van der Waals surface area contributed by atoms with Gasteiger partial charge in [-0.15, -0.1) is 0 Å². The van der Waals surface area contributed by atoms with Crippen molar-refractivity contribution in [3.05, 3.63) is 48.0 Å². The molecule has 3 rings (SSSR count). The maximum Gasteiger partial charge on any atom is 0.228 e. The van der Waals surface area contributed by atoms with Gasteiger partial charge in [0.25, 0.3) is 0 Å². The molecule has 0 radical (unpaired) electrons. The molecular formula is C21H27N3O3. The first-order valence-corrected chi connectivity index (χ1v) is 9.13. The van der Waals surface area contributed by atoms with Gasteiger partial charge in [0.05, 0.1) is 20.6 Å². The van der Waals surface area contributed by atoms with Crippen LogP contribution in [0.3, 0.4) is 0 Å². The zero-order chi connectivity index (χ0) is 19.2. The van der Waals surface area contributed by atoms with E-state index in [1.807, 2.05) is 24.3 Å². The Bertz CT molecular complexity index is 769. The number of hydrogen-bond donors (Lipinski definition) is 1. The van der Waals surface area contributed by atoms with Crippen LogP contribution < -0.4 is 19.7 Å². The van der Waals surface area contributed by atoms with Crippen LogP contribution in [0.2, 0.25) is 0 Å². The van der Waals surface area contributed by atoms with Gasteiger partial charge in [-0.05, 0) is 37.4 Å². The average molecular weight is 369 g/mol. The van der Waals surface area contributed by atoms with Crippen molar-refractivity contribution >= 4 is 17.3 Å². The normalized spacial score (nSPS) is 14.7. The largest absolute Gasteiger partial charge is 0.497 e. The second-order valence-corrected chi connectivity index (χ2v) is 6.74. The lowest BCUT2D eigenvalue weighted by Gasteiger charge is -2.34. The molecular weight excluding hydrogens is 342 g/mol. The van der Waals surface area contributed by atoms with Gasteiger partial charge in [0, 0.05) is 49.2 Å². The summed E-state index contributed by atoms with van der Waals surface area (Å²) in [6, 6.07) is 13.5. The smallest absolute Gasteiger partial charge is 0.228 e. The predicted octanol–water partition coefficient (Wildman–Crippen LogP) is 2.64. The highest BCUT2D eigenvalue weighted by Crippen LogP contribution is 2.25.